The molecule has 30 heavy (non-hydrogen) atoms. The zero-order valence-corrected chi connectivity index (χ0v) is 16.3. The highest BCUT2D eigenvalue weighted by atomic mass is 16.5. The number of carbonyl (C=O) groups excluding carboxylic acids is 1. The van der Waals surface area contributed by atoms with Gasteiger partial charge in [0, 0.05) is 11.1 Å². The third-order valence-corrected chi connectivity index (χ3v) is 5.14. The van der Waals surface area contributed by atoms with Crippen molar-refractivity contribution >= 4 is 33.4 Å². The van der Waals surface area contributed by atoms with E-state index in [1.54, 1.807) is 7.11 Å². The van der Waals surface area contributed by atoms with Crippen LogP contribution in [0, 0.1) is 0 Å². The first-order valence-electron chi connectivity index (χ1n) is 9.65. The number of aromatic amines is 1. The lowest BCUT2D eigenvalue weighted by molar-refractivity contribution is 0.102. The molecule has 0 bridgehead atoms. The van der Waals surface area contributed by atoms with Crippen LogP contribution >= 0.6 is 0 Å². The number of nitrogens with zero attached hydrogens (tertiary/aromatic N) is 1. The predicted octanol–water partition coefficient (Wildman–Crippen LogP) is 5.64. The van der Waals surface area contributed by atoms with Crippen LogP contribution in [-0.4, -0.2) is 23.0 Å². The predicted molar refractivity (Wildman–Crippen MR) is 120 cm³/mol. The van der Waals surface area contributed by atoms with Gasteiger partial charge in [-0.2, -0.15) is 0 Å². The van der Waals surface area contributed by atoms with Gasteiger partial charge < -0.3 is 15.0 Å². The standard InChI is InChI=1S/C25H19N3O2/c1-30-23-14-13-17(24-26-20-11-4-5-12-21(20)27-24)15-22(23)28-25(29)19-10-6-8-16-7-2-3-9-18(16)19/h2-15H,1H3,(H,26,27)(H,28,29). The van der Waals surface area contributed by atoms with Gasteiger partial charge in [0.1, 0.15) is 11.6 Å². The van der Waals surface area contributed by atoms with Gasteiger partial charge in [0.15, 0.2) is 0 Å². The van der Waals surface area contributed by atoms with Gasteiger partial charge in [0.25, 0.3) is 5.91 Å². The highest BCUT2D eigenvalue weighted by molar-refractivity contribution is 6.13. The lowest BCUT2D eigenvalue weighted by atomic mass is 10.0. The van der Waals surface area contributed by atoms with Gasteiger partial charge in [-0.15, -0.1) is 0 Å². The van der Waals surface area contributed by atoms with E-state index in [4.69, 9.17) is 4.74 Å². The Kier molecular flexibility index (Phi) is 4.41. The second-order valence-electron chi connectivity index (χ2n) is 7.00. The number of ether oxygens (including phenoxy) is 1. The summed E-state index contributed by atoms with van der Waals surface area (Å²) in [6.45, 7) is 0. The fourth-order valence-electron chi connectivity index (χ4n) is 3.66. The summed E-state index contributed by atoms with van der Waals surface area (Å²) in [4.78, 5) is 21.1. The molecule has 5 heteroatoms. The summed E-state index contributed by atoms with van der Waals surface area (Å²) >= 11 is 0. The molecule has 0 aliphatic heterocycles. The van der Waals surface area contributed by atoms with Gasteiger partial charge in [-0.3, -0.25) is 4.79 Å². The maximum Gasteiger partial charge on any atom is 0.256 e. The number of para-hydroxylation sites is 2. The number of hydrogen-bond donors (Lipinski definition) is 2. The van der Waals surface area contributed by atoms with E-state index in [0.29, 0.717) is 17.0 Å². The Bertz CT molecular complexity index is 1350. The summed E-state index contributed by atoms with van der Waals surface area (Å²) in [5.74, 6) is 1.13. The van der Waals surface area contributed by atoms with Crippen molar-refractivity contribution in [3.8, 4) is 17.1 Å². The number of H-pyrrole nitrogens is 1. The van der Waals surface area contributed by atoms with E-state index in [9.17, 15) is 4.79 Å². The Hall–Kier alpha value is -4.12. The molecule has 0 aliphatic carbocycles. The van der Waals surface area contributed by atoms with E-state index >= 15 is 0 Å². The van der Waals surface area contributed by atoms with Crippen molar-refractivity contribution in [3.05, 3.63) is 90.5 Å². The Morgan fingerprint density at radius 2 is 1.73 bits per heavy atom. The zero-order chi connectivity index (χ0) is 20.5. The lowest BCUT2D eigenvalue weighted by Gasteiger charge is -2.13. The van der Waals surface area contributed by atoms with Crippen LogP contribution in [0.4, 0.5) is 5.69 Å². The summed E-state index contributed by atoms with van der Waals surface area (Å²) in [7, 11) is 1.59. The van der Waals surface area contributed by atoms with Gasteiger partial charge in [0.05, 0.1) is 23.8 Å². The van der Waals surface area contributed by atoms with Crippen molar-refractivity contribution in [2.24, 2.45) is 0 Å². The van der Waals surface area contributed by atoms with Crippen molar-refractivity contribution in [2.75, 3.05) is 12.4 Å². The Morgan fingerprint density at radius 3 is 2.60 bits per heavy atom. The molecule has 4 aromatic carbocycles. The molecule has 1 heterocycles. The number of nitrogens with one attached hydrogen (secondary N) is 2. The molecule has 0 spiro atoms. The van der Waals surface area contributed by atoms with E-state index in [1.165, 1.54) is 0 Å². The topological polar surface area (TPSA) is 67.0 Å². The minimum Gasteiger partial charge on any atom is -0.495 e. The quantitative estimate of drug-likeness (QED) is 0.415. The third-order valence-electron chi connectivity index (χ3n) is 5.14. The van der Waals surface area contributed by atoms with Crippen molar-refractivity contribution in [3.63, 3.8) is 0 Å². The molecule has 0 atom stereocenters. The Labute approximate surface area is 173 Å². The van der Waals surface area contributed by atoms with E-state index < -0.39 is 0 Å². The van der Waals surface area contributed by atoms with E-state index in [0.717, 1.165) is 33.2 Å². The van der Waals surface area contributed by atoms with Crippen LogP contribution in [0.3, 0.4) is 0 Å². The second kappa shape index (κ2) is 7.37. The first kappa shape index (κ1) is 17.9. The molecule has 1 amide bonds. The normalized spacial score (nSPS) is 11.0. The average Bonchev–Trinajstić information content (AvgIpc) is 3.23. The smallest absolute Gasteiger partial charge is 0.256 e. The molecule has 0 unspecified atom stereocenters. The number of carbonyl (C=O) groups is 1. The second-order valence-corrected chi connectivity index (χ2v) is 7.00. The number of benzene rings is 4. The van der Waals surface area contributed by atoms with Crippen LogP contribution in [0.5, 0.6) is 5.75 Å². The van der Waals surface area contributed by atoms with Gasteiger partial charge in [-0.1, -0.05) is 48.5 Å². The molecular formula is C25H19N3O2. The first-order valence-corrected chi connectivity index (χ1v) is 9.65. The lowest BCUT2D eigenvalue weighted by Crippen LogP contribution is -2.13. The number of methoxy groups -OCH3 is 1. The number of rotatable bonds is 4. The molecule has 0 fully saturated rings. The van der Waals surface area contributed by atoms with Gasteiger partial charge in [0.2, 0.25) is 0 Å². The molecule has 0 aliphatic rings. The van der Waals surface area contributed by atoms with Crippen LogP contribution < -0.4 is 10.1 Å². The summed E-state index contributed by atoms with van der Waals surface area (Å²) < 4.78 is 5.47. The summed E-state index contributed by atoms with van der Waals surface area (Å²) in [6.07, 6.45) is 0. The molecule has 5 aromatic rings. The number of hydrogen-bond acceptors (Lipinski definition) is 3. The van der Waals surface area contributed by atoms with Crippen LogP contribution in [0.2, 0.25) is 0 Å². The number of anilines is 1. The van der Waals surface area contributed by atoms with Gasteiger partial charge >= 0.3 is 0 Å². The number of imidazole rings is 1. The molecule has 146 valence electrons. The van der Waals surface area contributed by atoms with Gasteiger partial charge in [-0.25, -0.2) is 4.98 Å². The minimum atomic E-state index is -0.188. The molecule has 5 nitrogen and oxygen atoms in total. The number of amides is 1. The molecular weight excluding hydrogens is 374 g/mol. The maximum atomic E-state index is 13.1. The van der Waals surface area contributed by atoms with Gasteiger partial charge in [-0.05, 0) is 47.2 Å². The van der Waals surface area contributed by atoms with Crippen LogP contribution in [0.15, 0.2) is 84.9 Å². The fraction of sp³-hybridized carbons (Fsp3) is 0.0400. The van der Waals surface area contributed by atoms with Crippen LogP contribution in [-0.2, 0) is 0 Å². The molecule has 0 radical (unpaired) electrons. The fourth-order valence-corrected chi connectivity index (χ4v) is 3.66. The van der Waals surface area contributed by atoms with Crippen LogP contribution in [0.1, 0.15) is 10.4 Å². The molecule has 2 N–H and O–H groups in total. The van der Waals surface area contributed by atoms with Crippen molar-refractivity contribution in [1.82, 2.24) is 9.97 Å². The summed E-state index contributed by atoms with van der Waals surface area (Å²) in [5, 5.41) is 4.94. The number of aromatic nitrogens is 2. The maximum absolute atomic E-state index is 13.1. The molecule has 5 rings (SSSR count). The largest absolute Gasteiger partial charge is 0.495 e. The molecule has 1 aromatic heterocycles. The van der Waals surface area contributed by atoms with E-state index in [1.807, 2.05) is 84.9 Å². The SMILES string of the molecule is COc1ccc(-c2nc3ccccc3[nH]2)cc1NC(=O)c1cccc2ccccc12. The van der Waals surface area contributed by atoms with Crippen molar-refractivity contribution in [2.45, 2.75) is 0 Å². The van der Waals surface area contributed by atoms with Crippen molar-refractivity contribution < 1.29 is 9.53 Å². The summed E-state index contributed by atoms with van der Waals surface area (Å²) in [5.41, 5.74) is 3.92. The highest BCUT2D eigenvalue weighted by Gasteiger charge is 2.14. The average molecular weight is 393 g/mol. The van der Waals surface area contributed by atoms with Crippen molar-refractivity contribution in [1.29, 1.82) is 0 Å². The third kappa shape index (κ3) is 3.16. The van der Waals surface area contributed by atoms with E-state index in [2.05, 4.69) is 15.3 Å². The van der Waals surface area contributed by atoms with Crippen LogP contribution in [0.25, 0.3) is 33.2 Å². The minimum absolute atomic E-state index is 0.188. The Morgan fingerprint density at radius 1 is 0.933 bits per heavy atom. The molecule has 0 saturated carbocycles. The number of fused-ring (bicyclic) bond motifs is 2. The monoisotopic (exact) mass is 393 g/mol. The zero-order valence-electron chi connectivity index (χ0n) is 16.3. The molecule has 0 saturated heterocycles. The highest BCUT2D eigenvalue weighted by Crippen LogP contribution is 2.31. The van der Waals surface area contributed by atoms with E-state index in [-0.39, 0.29) is 5.91 Å². The summed E-state index contributed by atoms with van der Waals surface area (Å²) in [6, 6.07) is 27.0. The first-order chi connectivity index (χ1) is 14.7. The Balaban J connectivity index is 1.53.